The lowest BCUT2D eigenvalue weighted by atomic mass is 9.90. The second-order valence-electron chi connectivity index (χ2n) is 4.96. The minimum absolute atomic E-state index is 0.618. The fourth-order valence-electron chi connectivity index (χ4n) is 2.91. The highest BCUT2D eigenvalue weighted by Gasteiger charge is 2.29. The topological polar surface area (TPSA) is 31.6 Å². The molecule has 2 unspecified atom stereocenters. The molecule has 0 amide bonds. The molecule has 1 aliphatic rings. The van der Waals surface area contributed by atoms with E-state index in [0.29, 0.717) is 11.8 Å². The summed E-state index contributed by atoms with van der Waals surface area (Å²) in [7, 11) is 0. The van der Waals surface area contributed by atoms with Crippen LogP contribution in [0.5, 0.6) is 0 Å². The molecule has 2 N–H and O–H groups in total. The predicted molar refractivity (Wildman–Crippen MR) is 71.7 cm³/mol. The summed E-state index contributed by atoms with van der Waals surface area (Å²) in [5.41, 5.74) is 4.24. The number of H-pyrrole nitrogens is 2. The Morgan fingerprint density at radius 1 is 1.35 bits per heavy atom. The first-order valence-corrected chi connectivity index (χ1v) is 6.49. The summed E-state index contributed by atoms with van der Waals surface area (Å²) in [5, 5.41) is 0. The van der Waals surface area contributed by atoms with Crippen molar-refractivity contribution in [2.24, 2.45) is 5.92 Å². The molecular formula is C14H16N2S. The first kappa shape index (κ1) is 10.8. The quantitative estimate of drug-likeness (QED) is 0.777. The Bertz CT molecular complexity index is 582. The Morgan fingerprint density at radius 3 is 2.94 bits per heavy atom. The van der Waals surface area contributed by atoms with Crippen LogP contribution in [-0.2, 0) is 12.8 Å². The highest BCUT2D eigenvalue weighted by Crippen LogP contribution is 2.39. The zero-order valence-electron chi connectivity index (χ0n) is 9.86. The molecule has 0 radical (unpaired) electrons. The van der Waals surface area contributed by atoms with Gasteiger partial charge in [0, 0.05) is 11.9 Å². The Kier molecular flexibility index (Phi) is 2.63. The van der Waals surface area contributed by atoms with Crippen molar-refractivity contribution in [2.45, 2.75) is 25.7 Å². The third-order valence-electron chi connectivity index (χ3n) is 3.77. The first-order valence-electron chi connectivity index (χ1n) is 6.08. The predicted octanol–water partition coefficient (Wildman–Crippen LogP) is 3.59. The Labute approximate surface area is 106 Å². The standard InChI is InChI=1S/C14H16N2S/c1-9-6-10-4-2-3-5-12(10)13(9)7-11-8-15-14(17)16-11/h2-5,8-9,13H,6-7H2,1H3,(H2,15,16,17). The zero-order chi connectivity index (χ0) is 11.8. The fourth-order valence-corrected chi connectivity index (χ4v) is 3.10. The van der Waals surface area contributed by atoms with Gasteiger partial charge in [-0.25, -0.2) is 0 Å². The molecule has 1 heterocycles. The molecular weight excluding hydrogens is 228 g/mol. The lowest BCUT2D eigenvalue weighted by Crippen LogP contribution is -2.07. The lowest BCUT2D eigenvalue weighted by Gasteiger charge is -2.15. The maximum Gasteiger partial charge on any atom is 0.174 e. The van der Waals surface area contributed by atoms with E-state index >= 15 is 0 Å². The number of imidazole rings is 1. The second kappa shape index (κ2) is 4.15. The Hall–Kier alpha value is -1.35. The molecule has 17 heavy (non-hydrogen) atoms. The molecule has 2 nitrogen and oxygen atoms in total. The minimum Gasteiger partial charge on any atom is -0.337 e. The summed E-state index contributed by atoms with van der Waals surface area (Å²) in [6, 6.07) is 8.80. The molecule has 3 rings (SSSR count). The van der Waals surface area contributed by atoms with Crippen molar-refractivity contribution in [1.29, 1.82) is 0 Å². The van der Waals surface area contributed by atoms with Gasteiger partial charge in [0.2, 0.25) is 0 Å². The number of aromatic nitrogens is 2. The fraction of sp³-hybridized carbons (Fsp3) is 0.357. The average molecular weight is 244 g/mol. The molecule has 0 fully saturated rings. The van der Waals surface area contributed by atoms with Crippen LogP contribution in [0.25, 0.3) is 0 Å². The van der Waals surface area contributed by atoms with Gasteiger partial charge >= 0.3 is 0 Å². The van der Waals surface area contributed by atoms with Crippen LogP contribution in [0, 0.1) is 10.7 Å². The lowest BCUT2D eigenvalue weighted by molar-refractivity contribution is 0.492. The number of hydrogen-bond donors (Lipinski definition) is 2. The Balaban J connectivity index is 1.91. The van der Waals surface area contributed by atoms with E-state index in [1.54, 1.807) is 0 Å². The van der Waals surface area contributed by atoms with Crippen LogP contribution in [0.1, 0.15) is 29.7 Å². The van der Waals surface area contributed by atoms with Crippen molar-refractivity contribution in [3.05, 3.63) is 52.1 Å². The molecule has 1 aromatic heterocycles. The maximum absolute atomic E-state index is 5.07. The number of benzene rings is 1. The normalized spacial score (nSPS) is 22.6. The smallest absolute Gasteiger partial charge is 0.174 e. The molecule has 1 aromatic carbocycles. The van der Waals surface area contributed by atoms with E-state index in [2.05, 4.69) is 41.2 Å². The summed E-state index contributed by atoms with van der Waals surface area (Å²) in [5.74, 6) is 1.33. The first-order chi connectivity index (χ1) is 8.24. The van der Waals surface area contributed by atoms with Crippen molar-refractivity contribution in [2.75, 3.05) is 0 Å². The monoisotopic (exact) mass is 244 g/mol. The van der Waals surface area contributed by atoms with E-state index in [4.69, 9.17) is 12.2 Å². The van der Waals surface area contributed by atoms with Gasteiger partial charge in [-0.1, -0.05) is 31.2 Å². The molecule has 0 saturated carbocycles. The molecule has 3 heteroatoms. The zero-order valence-corrected chi connectivity index (χ0v) is 10.7. The Morgan fingerprint density at radius 2 is 2.18 bits per heavy atom. The van der Waals surface area contributed by atoms with Gasteiger partial charge in [0.15, 0.2) is 4.77 Å². The van der Waals surface area contributed by atoms with Gasteiger partial charge in [0.1, 0.15) is 0 Å². The largest absolute Gasteiger partial charge is 0.337 e. The summed E-state index contributed by atoms with van der Waals surface area (Å²) < 4.78 is 0.721. The van der Waals surface area contributed by atoms with Gasteiger partial charge in [-0.15, -0.1) is 0 Å². The van der Waals surface area contributed by atoms with E-state index in [1.165, 1.54) is 23.2 Å². The van der Waals surface area contributed by atoms with Gasteiger partial charge in [0.25, 0.3) is 0 Å². The third kappa shape index (κ3) is 1.95. The van der Waals surface area contributed by atoms with Gasteiger partial charge < -0.3 is 9.97 Å². The van der Waals surface area contributed by atoms with Crippen molar-refractivity contribution in [3.8, 4) is 0 Å². The second-order valence-corrected chi connectivity index (χ2v) is 5.37. The third-order valence-corrected chi connectivity index (χ3v) is 3.99. The van der Waals surface area contributed by atoms with Crippen LogP contribution in [0.15, 0.2) is 30.5 Å². The van der Waals surface area contributed by atoms with E-state index < -0.39 is 0 Å². The molecule has 0 spiro atoms. The number of fused-ring (bicyclic) bond motifs is 1. The average Bonchev–Trinajstić information content (AvgIpc) is 2.85. The molecule has 2 aromatic rings. The van der Waals surface area contributed by atoms with Crippen molar-refractivity contribution in [3.63, 3.8) is 0 Å². The highest BCUT2D eigenvalue weighted by molar-refractivity contribution is 7.71. The maximum atomic E-state index is 5.07. The molecule has 88 valence electrons. The van der Waals surface area contributed by atoms with Crippen LogP contribution >= 0.6 is 12.2 Å². The number of aromatic amines is 2. The SMILES string of the molecule is CC1Cc2ccccc2C1Cc1c[nH]c(=S)[nH]1. The van der Waals surface area contributed by atoms with Crippen molar-refractivity contribution < 1.29 is 0 Å². The minimum atomic E-state index is 0.618. The molecule has 2 atom stereocenters. The molecule has 0 bridgehead atoms. The van der Waals surface area contributed by atoms with Gasteiger partial charge in [-0.3, -0.25) is 0 Å². The summed E-state index contributed by atoms with van der Waals surface area (Å²) in [4.78, 5) is 6.25. The summed E-state index contributed by atoms with van der Waals surface area (Å²) in [6.07, 6.45) is 4.24. The van der Waals surface area contributed by atoms with E-state index in [-0.39, 0.29) is 0 Å². The molecule has 0 saturated heterocycles. The van der Waals surface area contributed by atoms with Crippen LogP contribution in [0.3, 0.4) is 0 Å². The van der Waals surface area contributed by atoms with E-state index in [1.807, 2.05) is 6.20 Å². The number of hydrogen-bond acceptors (Lipinski definition) is 1. The van der Waals surface area contributed by atoms with Crippen LogP contribution in [0.2, 0.25) is 0 Å². The number of nitrogens with one attached hydrogen (secondary N) is 2. The summed E-state index contributed by atoms with van der Waals surface area (Å²) in [6.45, 7) is 2.34. The highest BCUT2D eigenvalue weighted by atomic mass is 32.1. The van der Waals surface area contributed by atoms with Crippen LogP contribution < -0.4 is 0 Å². The van der Waals surface area contributed by atoms with Crippen LogP contribution in [-0.4, -0.2) is 9.97 Å². The molecule has 0 aliphatic heterocycles. The van der Waals surface area contributed by atoms with Crippen molar-refractivity contribution >= 4 is 12.2 Å². The van der Waals surface area contributed by atoms with Crippen molar-refractivity contribution in [1.82, 2.24) is 9.97 Å². The van der Waals surface area contributed by atoms with E-state index in [9.17, 15) is 0 Å². The van der Waals surface area contributed by atoms with E-state index in [0.717, 1.165) is 11.2 Å². The van der Waals surface area contributed by atoms with Gasteiger partial charge in [-0.2, -0.15) is 0 Å². The van der Waals surface area contributed by atoms with Gasteiger partial charge in [0.05, 0.1) is 0 Å². The van der Waals surface area contributed by atoms with Gasteiger partial charge in [-0.05, 0) is 48.0 Å². The number of rotatable bonds is 2. The molecule has 1 aliphatic carbocycles. The van der Waals surface area contributed by atoms with Crippen LogP contribution in [0.4, 0.5) is 0 Å². The summed E-state index contributed by atoms with van der Waals surface area (Å²) >= 11 is 5.07.